The first-order valence-electron chi connectivity index (χ1n) is 10.2. The molecule has 1 heterocycles. The fourth-order valence-electron chi connectivity index (χ4n) is 3.09. The van der Waals surface area contributed by atoms with E-state index in [1.165, 1.54) is 11.8 Å². The van der Waals surface area contributed by atoms with E-state index in [1.807, 2.05) is 66.9 Å². The van der Waals surface area contributed by atoms with Gasteiger partial charge in [-0.1, -0.05) is 59.8 Å². The summed E-state index contributed by atoms with van der Waals surface area (Å²) in [6.45, 7) is 6.62. The topological polar surface area (TPSA) is 98.1 Å². The lowest BCUT2D eigenvalue weighted by molar-refractivity contribution is -0.119. The quantitative estimate of drug-likeness (QED) is 0.500. The molecule has 0 spiro atoms. The van der Waals surface area contributed by atoms with Crippen LogP contribution in [0.1, 0.15) is 18.1 Å². The number of ether oxygens (including phenoxy) is 1. The number of hydrogen-bond acceptors (Lipinski definition) is 6. The summed E-state index contributed by atoms with van der Waals surface area (Å²) in [5.74, 6) is 0.283. The van der Waals surface area contributed by atoms with Crippen LogP contribution in [0.15, 0.2) is 53.7 Å². The van der Waals surface area contributed by atoms with Crippen molar-refractivity contribution >= 4 is 29.4 Å². The van der Waals surface area contributed by atoms with Crippen LogP contribution in [0.25, 0.3) is 11.4 Å². The first kappa shape index (κ1) is 23.5. The van der Waals surface area contributed by atoms with Gasteiger partial charge in [-0.25, -0.2) is 4.79 Å². The molecule has 32 heavy (non-hydrogen) atoms. The minimum Gasteiger partial charge on any atom is -0.383 e. The number of rotatable bonds is 8. The van der Waals surface area contributed by atoms with Crippen LogP contribution >= 0.6 is 11.8 Å². The van der Waals surface area contributed by atoms with E-state index in [0.29, 0.717) is 29.8 Å². The fraction of sp³-hybridized carbons (Fsp3) is 0.304. The number of aryl methyl sites for hydroxylation is 2. The van der Waals surface area contributed by atoms with Crippen molar-refractivity contribution in [3.63, 3.8) is 0 Å². The standard InChI is InChI=1S/C23H27N5O3S/c1-15-10-11-19(16(2)14-15)24-22(30)25-21(29)17(3)32-23-27-26-20(28(23)12-13-31-4)18-8-6-5-7-9-18/h5-11,14,17H,12-13H2,1-4H3,(H2,24,25,29,30). The largest absolute Gasteiger partial charge is 0.383 e. The Morgan fingerprint density at radius 1 is 1.12 bits per heavy atom. The van der Waals surface area contributed by atoms with E-state index in [-0.39, 0.29) is 0 Å². The molecule has 3 amide bonds. The Bertz CT molecular complexity index is 1080. The number of nitrogens with zero attached hydrogens (tertiary/aromatic N) is 3. The molecule has 2 aromatic carbocycles. The van der Waals surface area contributed by atoms with Gasteiger partial charge in [-0.3, -0.25) is 14.7 Å². The summed E-state index contributed by atoms with van der Waals surface area (Å²) in [6, 6.07) is 14.8. The van der Waals surface area contributed by atoms with Crippen LogP contribution in [0.2, 0.25) is 0 Å². The third-order valence-corrected chi connectivity index (χ3v) is 5.87. The number of hydrogen-bond donors (Lipinski definition) is 2. The third kappa shape index (κ3) is 5.95. The lowest BCUT2D eigenvalue weighted by Crippen LogP contribution is -2.39. The summed E-state index contributed by atoms with van der Waals surface area (Å²) in [4.78, 5) is 24.9. The zero-order chi connectivity index (χ0) is 23.1. The molecule has 0 bridgehead atoms. The summed E-state index contributed by atoms with van der Waals surface area (Å²) in [7, 11) is 1.63. The second-order valence-corrected chi connectivity index (χ2v) is 8.65. The molecule has 2 N–H and O–H groups in total. The zero-order valence-corrected chi connectivity index (χ0v) is 19.4. The van der Waals surface area contributed by atoms with Gasteiger partial charge in [0.2, 0.25) is 5.91 Å². The van der Waals surface area contributed by atoms with Crippen LogP contribution in [0.3, 0.4) is 0 Å². The molecule has 1 aromatic heterocycles. The van der Waals surface area contributed by atoms with E-state index in [4.69, 9.17) is 4.74 Å². The number of thioether (sulfide) groups is 1. The van der Waals surface area contributed by atoms with Crippen LogP contribution in [-0.2, 0) is 16.1 Å². The molecule has 3 rings (SSSR count). The number of urea groups is 1. The maximum absolute atomic E-state index is 12.6. The summed E-state index contributed by atoms with van der Waals surface area (Å²) in [6.07, 6.45) is 0. The van der Waals surface area contributed by atoms with Crippen LogP contribution in [-0.4, -0.2) is 45.7 Å². The molecular weight excluding hydrogens is 426 g/mol. The lowest BCUT2D eigenvalue weighted by Gasteiger charge is -2.14. The zero-order valence-electron chi connectivity index (χ0n) is 18.6. The Balaban J connectivity index is 1.67. The van der Waals surface area contributed by atoms with Gasteiger partial charge in [0.05, 0.1) is 18.4 Å². The summed E-state index contributed by atoms with van der Waals surface area (Å²) >= 11 is 1.24. The van der Waals surface area contributed by atoms with E-state index < -0.39 is 17.2 Å². The molecule has 0 radical (unpaired) electrons. The summed E-state index contributed by atoms with van der Waals surface area (Å²) in [5, 5.41) is 13.7. The van der Waals surface area contributed by atoms with Crippen LogP contribution in [0, 0.1) is 13.8 Å². The Labute approximate surface area is 191 Å². The SMILES string of the molecule is COCCn1c(SC(C)C(=O)NC(=O)Nc2ccc(C)cc2C)nnc1-c1ccccc1. The number of benzene rings is 2. The highest BCUT2D eigenvalue weighted by atomic mass is 32.2. The van der Waals surface area contributed by atoms with Crippen molar-refractivity contribution in [2.45, 2.75) is 37.7 Å². The number of carbonyl (C=O) groups excluding carboxylic acids is 2. The predicted octanol–water partition coefficient (Wildman–Crippen LogP) is 4.04. The van der Waals surface area contributed by atoms with Crippen molar-refractivity contribution in [2.24, 2.45) is 0 Å². The van der Waals surface area contributed by atoms with Crippen molar-refractivity contribution < 1.29 is 14.3 Å². The first-order valence-corrected chi connectivity index (χ1v) is 11.1. The van der Waals surface area contributed by atoms with E-state index >= 15 is 0 Å². The molecule has 0 saturated carbocycles. The van der Waals surface area contributed by atoms with Crippen LogP contribution in [0.4, 0.5) is 10.5 Å². The van der Waals surface area contributed by atoms with Gasteiger partial charge >= 0.3 is 6.03 Å². The fourth-order valence-corrected chi connectivity index (χ4v) is 3.97. The van der Waals surface area contributed by atoms with Crippen molar-refractivity contribution in [1.82, 2.24) is 20.1 Å². The van der Waals surface area contributed by atoms with Gasteiger partial charge in [-0.15, -0.1) is 10.2 Å². The summed E-state index contributed by atoms with van der Waals surface area (Å²) in [5.41, 5.74) is 3.61. The summed E-state index contributed by atoms with van der Waals surface area (Å²) < 4.78 is 7.14. The number of nitrogens with one attached hydrogen (secondary N) is 2. The maximum Gasteiger partial charge on any atom is 0.325 e. The Kier molecular flexibility index (Phi) is 8.02. The number of aromatic nitrogens is 3. The van der Waals surface area contributed by atoms with Gasteiger partial charge in [0.15, 0.2) is 11.0 Å². The van der Waals surface area contributed by atoms with E-state index in [0.717, 1.165) is 16.7 Å². The van der Waals surface area contributed by atoms with Crippen molar-refractivity contribution in [3.05, 3.63) is 59.7 Å². The number of carbonyl (C=O) groups is 2. The Morgan fingerprint density at radius 2 is 1.88 bits per heavy atom. The minimum absolute atomic E-state index is 0.417. The maximum atomic E-state index is 12.6. The molecule has 168 valence electrons. The van der Waals surface area contributed by atoms with Crippen molar-refractivity contribution in [2.75, 3.05) is 19.0 Å². The van der Waals surface area contributed by atoms with Crippen LogP contribution in [0.5, 0.6) is 0 Å². The molecular formula is C23H27N5O3S. The molecule has 0 aliphatic heterocycles. The molecule has 8 nitrogen and oxygen atoms in total. The molecule has 0 aliphatic carbocycles. The molecule has 0 fully saturated rings. The predicted molar refractivity (Wildman–Crippen MR) is 126 cm³/mol. The van der Waals surface area contributed by atoms with Crippen LogP contribution < -0.4 is 10.6 Å². The second kappa shape index (κ2) is 10.9. The van der Waals surface area contributed by atoms with Gasteiger partial charge < -0.3 is 10.1 Å². The van der Waals surface area contributed by atoms with Gasteiger partial charge in [-0.05, 0) is 32.4 Å². The van der Waals surface area contributed by atoms with Crippen molar-refractivity contribution in [3.8, 4) is 11.4 Å². The highest BCUT2D eigenvalue weighted by molar-refractivity contribution is 8.00. The number of amides is 3. The third-order valence-electron chi connectivity index (χ3n) is 4.79. The number of imide groups is 1. The van der Waals surface area contributed by atoms with E-state index in [1.54, 1.807) is 14.0 Å². The molecule has 9 heteroatoms. The molecule has 0 saturated heterocycles. The average Bonchev–Trinajstić information content (AvgIpc) is 3.17. The normalized spacial score (nSPS) is 11.8. The Hall–Kier alpha value is -3.17. The van der Waals surface area contributed by atoms with Crippen molar-refractivity contribution in [1.29, 1.82) is 0 Å². The molecule has 0 aliphatic rings. The molecule has 3 aromatic rings. The van der Waals surface area contributed by atoms with Gasteiger partial charge in [0.1, 0.15) is 0 Å². The molecule has 1 unspecified atom stereocenters. The van der Waals surface area contributed by atoms with Gasteiger partial charge in [0, 0.05) is 18.4 Å². The number of anilines is 1. The van der Waals surface area contributed by atoms with Gasteiger partial charge in [-0.2, -0.15) is 0 Å². The highest BCUT2D eigenvalue weighted by Gasteiger charge is 2.22. The lowest BCUT2D eigenvalue weighted by atomic mass is 10.1. The average molecular weight is 454 g/mol. The number of methoxy groups -OCH3 is 1. The smallest absolute Gasteiger partial charge is 0.325 e. The van der Waals surface area contributed by atoms with E-state index in [9.17, 15) is 9.59 Å². The van der Waals surface area contributed by atoms with E-state index in [2.05, 4.69) is 20.8 Å². The Morgan fingerprint density at radius 3 is 2.56 bits per heavy atom. The minimum atomic E-state index is -0.569. The van der Waals surface area contributed by atoms with Gasteiger partial charge in [0.25, 0.3) is 0 Å². The highest BCUT2D eigenvalue weighted by Crippen LogP contribution is 2.27. The monoisotopic (exact) mass is 453 g/mol. The molecule has 1 atom stereocenters. The first-order chi connectivity index (χ1) is 15.4. The second-order valence-electron chi connectivity index (χ2n) is 7.34.